The van der Waals surface area contributed by atoms with Gasteiger partial charge in [0.05, 0.1) is 11.3 Å². The van der Waals surface area contributed by atoms with E-state index in [1.54, 1.807) is 0 Å². The fraction of sp³-hybridized carbons (Fsp3) is 0.267. The number of halogens is 5. The number of carbonyl (C=O) groups is 1. The second-order valence-corrected chi connectivity index (χ2v) is 5.17. The zero-order chi connectivity index (χ0) is 16.8. The van der Waals surface area contributed by atoms with Crippen molar-refractivity contribution in [1.29, 1.82) is 0 Å². The summed E-state index contributed by atoms with van der Waals surface area (Å²) < 4.78 is 66.8. The number of hydrogen-bond donors (Lipinski definition) is 0. The first-order chi connectivity index (χ1) is 10.8. The van der Waals surface area contributed by atoms with Gasteiger partial charge in [-0.25, -0.2) is 8.78 Å². The lowest BCUT2D eigenvalue weighted by atomic mass is 10.1. The zero-order valence-electron chi connectivity index (χ0n) is 11.7. The van der Waals surface area contributed by atoms with Gasteiger partial charge in [-0.15, -0.1) is 0 Å². The maximum Gasteiger partial charge on any atom is 0.419 e. The first kappa shape index (κ1) is 15.5. The van der Waals surface area contributed by atoms with E-state index < -0.39 is 23.4 Å². The van der Waals surface area contributed by atoms with Crippen LogP contribution in [0.4, 0.5) is 27.8 Å². The van der Waals surface area contributed by atoms with Crippen molar-refractivity contribution in [3.8, 4) is 5.69 Å². The molecule has 0 radical (unpaired) electrons. The van der Waals surface area contributed by atoms with Crippen LogP contribution in [0.25, 0.3) is 5.69 Å². The van der Waals surface area contributed by atoms with E-state index >= 15 is 0 Å². The number of alkyl halides is 3. The summed E-state index contributed by atoms with van der Waals surface area (Å²) in [5.74, 6) is -2.66. The number of carbonyl (C=O) groups excluding carboxylic acids is 1. The fourth-order valence-electron chi connectivity index (χ4n) is 2.62. The molecule has 8 heteroatoms. The van der Waals surface area contributed by atoms with Crippen LogP contribution in [0.2, 0.25) is 0 Å². The van der Waals surface area contributed by atoms with E-state index in [1.807, 2.05) is 0 Å². The summed E-state index contributed by atoms with van der Waals surface area (Å²) in [6.07, 6.45) is -2.64. The summed E-state index contributed by atoms with van der Waals surface area (Å²) in [6, 6.07) is 3.65. The molecule has 0 bridgehead atoms. The molecule has 0 saturated carbocycles. The second-order valence-electron chi connectivity index (χ2n) is 5.17. The van der Waals surface area contributed by atoms with Crippen LogP contribution in [0, 0.1) is 11.6 Å². The molecule has 1 aliphatic rings. The summed E-state index contributed by atoms with van der Waals surface area (Å²) in [5.41, 5.74) is -2.04. The Morgan fingerprint density at radius 2 is 1.83 bits per heavy atom. The zero-order valence-corrected chi connectivity index (χ0v) is 11.7. The molecule has 1 amide bonds. The van der Waals surface area contributed by atoms with Crippen molar-refractivity contribution >= 4 is 11.7 Å². The van der Waals surface area contributed by atoms with E-state index in [2.05, 4.69) is 0 Å². The van der Waals surface area contributed by atoms with Gasteiger partial charge >= 0.3 is 6.18 Å². The predicted molar refractivity (Wildman–Crippen MR) is 72.3 cm³/mol. The molecule has 23 heavy (non-hydrogen) atoms. The third kappa shape index (κ3) is 2.69. The largest absolute Gasteiger partial charge is 0.419 e. The summed E-state index contributed by atoms with van der Waals surface area (Å²) in [7, 11) is 0. The molecule has 1 aliphatic heterocycles. The van der Waals surface area contributed by atoms with Crippen LogP contribution < -0.4 is 4.90 Å². The first-order valence-corrected chi connectivity index (χ1v) is 6.83. The maximum atomic E-state index is 14.1. The van der Waals surface area contributed by atoms with E-state index in [-0.39, 0.29) is 17.7 Å². The third-order valence-electron chi connectivity index (χ3n) is 3.68. The standard InChI is InChI=1S/C15H11F5N2O/c16-10-8-12(11(17)7-9(10)15(18,19)20)21-5-1-3-13(21)22-6-2-4-14(22)23/h1,3,5,7-8H,2,4,6H2. The average molecular weight is 330 g/mol. The lowest BCUT2D eigenvalue weighted by molar-refractivity contribution is -0.140. The summed E-state index contributed by atoms with van der Waals surface area (Å²) in [6.45, 7) is 0.424. The van der Waals surface area contributed by atoms with E-state index in [1.165, 1.54) is 27.8 Å². The van der Waals surface area contributed by atoms with E-state index in [9.17, 15) is 26.7 Å². The number of nitrogens with zero attached hydrogens (tertiary/aromatic N) is 2. The Kier molecular flexibility index (Phi) is 3.62. The molecule has 3 nitrogen and oxygen atoms in total. The van der Waals surface area contributed by atoms with Gasteiger partial charge in [0.15, 0.2) is 0 Å². The van der Waals surface area contributed by atoms with Crippen molar-refractivity contribution in [2.24, 2.45) is 0 Å². The molecule has 1 aromatic heterocycles. The van der Waals surface area contributed by atoms with Crippen LogP contribution >= 0.6 is 0 Å². The Bertz CT molecular complexity index is 766. The van der Waals surface area contributed by atoms with Gasteiger partial charge in [0, 0.05) is 25.2 Å². The molecule has 0 unspecified atom stereocenters. The van der Waals surface area contributed by atoms with Crippen LogP contribution in [-0.4, -0.2) is 17.0 Å². The smallest absolute Gasteiger partial charge is 0.300 e. The summed E-state index contributed by atoms with van der Waals surface area (Å²) in [5, 5.41) is 0. The number of rotatable bonds is 2. The normalized spacial score (nSPS) is 15.5. The SMILES string of the molecule is O=C1CCCN1c1cccn1-c1cc(F)c(C(F)(F)F)cc1F. The van der Waals surface area contributed by atoms with Crippen molar-refractivity contribution in [3.63, 3.8) is 0 Å². The van der Waals surface area contributed by atoms with E-state index in [0.29, 0.717) is 31.3 Å². The van der Waals surface area contributed by atoms with Gasteiger partial charge in [0.2, 0.25) is 5.91 Å². The Hall–Kier alpha value is -2.38. The molecule has 3 rings (SSSR count). The number of anilines is 1. The second kappa shape index (κ2) is 5.36. The molecular formula is C15H11F5N2O. The highest BCUT2D eigenvalue weighted by Gasteiger charge is 2.35. The predicted octanol–water partition coefficient (Wildman–Crippen LogP) is 3.90. The number of benzene rings is 1. The highest BCUT2D eigenvalue weighted by atomic mass is 19.4. The topological polar surface area (TPSA) is 25.2 Å². The molecule has 0 N–H and O–H groups in total. The molecule has 2 heterocycles. The van der Waals surface area contributed by atoms with Crippen LogP contribution in [0.1, 0.15) is 18.4 Å². The molecule has 122 valence electrons. The van der Waals surface area contributed by atoms with Gasteiger partial charge in [-0.1, -0.05) is 0 Å². The molecule has 0 atom stereocenters. The van der Waals surface area contributed by atoms with Crippen LogP contribution in [0.5, 0.6) is 0 Å². The van der Waals surface area contributed by atoms with Crippen molar-refractivity contribution in [2.45, 2.75) is 19.0 Å². The van der Waals surface area contributed by atoms with Crippen molar-refractivity contribution in [1.82, 2.24) is 4.57 Å². The van der Waals surface area contributed by atoms with Gasteiger partial charge in [-0.2, -0.15) is 13.2 Å². The lowest BCUT2D eigenvalue weighted by Gasteiger charge is -2.19. The van der Waals surface area contributed by atoms with E-state index in [4.69, 9.17) is 0 Å². The van der Waals surface area contributed by atoms with E-state index in [0.717, 1.165) is 0 Å². The highest BCUT2D eigenvalue weighted by Crippen LogP contribution is 2.34. The molecule has 1 fully saturated rings. The van der Waals surface area contributed by atoms with Gasteiger partial charge in [-0.05, 0) is 24.6 Å². The molecular weight excluding hydrogens is 319 g/mol. The maximum absolute atomic E-state index is 14.1. The Morgan fingerprint density at radius 1 is 1.09 bits per heavy atom. The highest BCUT2D eigenvalue weighted by molar-refractivity contribution is 5.94. The number of hydrogen-bond acceptors (Lipinski definition) is 1. The lowest BCUT2D eigenvalue weighted by Crippen LogP contribution is -2.26. The van der Waals surface area contributed by atoms with Crippen molar-refractivity contribution in [3.05, 3.63) is 47.7 Å². The van der Waals surface area contributed by atoms with Crippen LogP contribution in [0.15, 0.2) is 30.5 Å². The monoisotopic (exact) mass is 330 g/mol. The first-order valence-electron chi connectivity index (χ1n) is 6.83. The van der Waals surface area contributed by atoms with Crippen molar-refractivity contribution in [2.75, 3.05) is 11.4 Å². The molecule has 1 aromatic carbocycles. The minimum atomic E-state index is -4.98. The summed E-state index contributed by atoms with van der Waals surface area (Å²) >= 11 is 0. The minimum absolute atomic E-state index is 0.125. The summed E-state index contributed by atoms with van der Waals surface area (Å²) in [4.78, 5) is 13.2. The fourth-order valence-corrected chi connectivity index (χ4v) is 2.62. The Morgan fingerprint density at radius 3 is 2.43 bits per heavy atom. The van der Waals surface area contributed by atoms with Gasteiger partial charge in [-0.3, -0.25) is 9.69 Å². The Labute approximate surface area is 127 Å². The van der Waals surface area contributed by atoms with Gasteiger partial charge in [0.1, 0.15) is 17.5 Å². The molecule has 0 aliphatic carbocycles. The average Bonchev–Trinajstić information content (AvgIpc) is 3.07. The molecule has 2 aromatic rings. The van der Waals surface area contributed by atoms with Gasteiger partial charge in [0.25, 0.3) is 0 Å². The number of aromatic nitrogens is 1. The minimum Gasteiger partial charge on any atom is -0.300 e. The third-order valence-corrected chi connectivity index (χ3v) is 3.68. The van der Waals surface area contributed by atoms with Crippen LogP contribution in [0.3, 0.4) is 0 Å². The van der Waals surface area contributed by atoms with Crippen LogP contribution in [-0.2, 0) is 11.0 Å². The van der Waals surface area contributed by atoms with Gasteiger partial charge < -0.3 is 4.57 Å². The quantitative estimate of drug-likeness (QED) is 0.767. The number of amides is 1. The van der Waals surface area contributed by atoms with Crippen molar-refractivity contribution < 1.29 is 26.7 Å². The molecule has 1 saturated heterocycles. The Balaban J connectivity index is 2.09. The molecule has 0 spiro atoms.